The lowest BCUT2D eigenvalue weighted by Gasteiger charge is -2.21. The largest absolute Gasteiger partial charge is 0.416 e. The minimum atomic E-state index is -4.37. The van der Waals surface area contributed by atoms with Crippen LogP contribution < -0.4 is 5.19 Å². The van der Waals surface area contributed by atoms with Crippen molar-refractivity contribution in [3.8, 4) is 0 Å². The Kier molecular flexibility index (Phi) is 3.74. The molecule has 0 aliphatic heterocycles. The van der Waals surface area contributed by atoms with Gasteiger partial charge in [0.2, 0.25) is 0 Å². The number of hydrogen-bond donors (Lipinski definition) is 0. The van der Waals surface area contributed by atoms with Gasteiger partial charge in [0.1, 0.15) is 0 Å². The van der Waals surface area contributed by atoms with E-state index >= 15 is 0 Å². The molecule has 0 fully saturated rings. The Balaban J connectivity index is 3.31. The zero-order chi connectivity index (χ0) is 11.7. The molecule has 0 amide bonds. The van der Waals surface area contributed by atoms with E-state index in [0.717, 1.165) is 6.07 Å². The van der Waals surface area contributed by atoms with Gasteiger partial charge >= 0.3 is 6.18 Å². The van der Waals surface area contributed by atoms with Crippen molar-refractivity contribution in [3.05, 3.63) is 29.8 Å². The molecule has 1 atom stereocenters. The number of hydrogen-bond acceptors (Lipinski definition) is 0. The van der Waals surface area contributed by atoms with Gasteiger partial charge in [0.25, 0.3) is 0 Å². The predicted octanol–water partition coefficient (Wildman–Crippen LogP) is 3.50. The SMILES string of the molecule is C[Si](Cl)(CCl)c1ccccc1C(F)(F)F. The molecule has 6 heteroatoms. The molecule has 0 radical (unpaired) electrons. The first-order valence-corrected chi connectivity index (χ1v) is 8.46. The van der Waals surface area contributed by atoms with Crippen molar-refractivity contribution in [1.82, 2.24) is 0 Å². The van der Waals surface area contributed by atoms with Gasteiger partial charge in [0, 0.05) is 5.50 Å². The summed E-state index contributed by atoms with van der Waals surface area (Å²) >= 11 is 11.7. The van der Waals surface area contributed by atoms with Crippen LogP contribution in [0.2, 0.25) is 6.55 Å². The second-order valence-corrected chi connectivity index (χ2v) is 9.88. The highest BCUT2D eigenvalue weighted by atomic mass is 35.6. The van der Waals surface area contributed by atoms with Crippen molar-refractivity contribution < 1.29 is 13.2 Å². The molecule has 0 aliphatic carbocycles. The number of alkyl halides is 4. The summed E-state index contributed by atoms with van der Waals surface area (Å²) in [5, 5.41) is 0.147. The minimum absolute atomic E-state index is 0.0572. The summed E-state index contributed by atoms with van der Waals surface area (Å²) in [5.41, 5.74) is -0.614. The molecule has 0 heterocycles. The van der Waals surface area contributed by atoms with Crippen molar-refractivity contribution in [2.24, 2.45) is 0 Å². The second-order valence-electron chi connectivity index (χ2n) is 3.37. The van der Waals surface area contributed by atoms with Crippen LogP contribution in [0.1, 0.15) is 5.56 Å². The van der Waals surface area contributed by atoms with Crippen LogP contribution in [0.15, 0.2) is 24.3 Å². The van der Waals surface area contributed by atoms with Crippen LogP contribution in [0.4, 0.5) is 13.2 Å². The van der Waals surface area contributed by atoms with Crippen LogP contribution in [-0.2, 0) is 6.18 Å². The highest BCUT2D eigenvalue weighted by Crippen LogP contribution is 2.30. The minimum Gasteiger partial charge on any atom is -0.166 e. The van der Waals surface area contributed by atoms with Crippen molar-refractivity contribution >= 4 is 35.3 Å². The summed E-state index contributed by atoms with van der Waals surface area (Å²) < 4.78 is 37.9. The molecular weight excluding hydrogens is 264 g/mol. The first-order valence-electron chi connectivity index (χ1n) is 4.20. The third-order valence-corrected chi connectivity index (χ3v) is 7.13. The van der Waals surface area contributed by atoms with Crippen molar-refractivity contribution in [3.63, 3.8) is 0 Å². The monoisotopic (exact) mass is 272 g/mol. The molecule has 0 saturated carbocycles. The summed E-state index contributed by atoms with van der Waals surface area (Å²) in [6, 6.07) is 5.34. The van der Waals surface area contributed by atoms with Gasteiger partial charge in [-0.15, -0.1) is 11.6 Å². The zero-order valence-electron chi connectivity index (χ0n) is 7.91. The molecule has 0 aliphatic rings. The Morgan fingerprint density at radius 2 is 1.80 bits per heavy atom. The van der Waals surface area contributed by atoms with E-state index in [1.54, 1.807) is 12.6 Å². The van der Waals surface area contributed by atoms with Gasteiger partial charge in [0.15, 0.2) is 7.38 Å². The van der Waals surface area contributed by atoms with E-state index in [2.05, 4.69) is 0 Å². The fraction of sp³-hybridized carbons (Fsp3) is 0.333. The van der Waals surface area contributed by atoms with E-state index in [-0.39, 0.29) is 10.7 Å². The van der Waals surface area contributed by atoms with E-state index in [1.165, 1.54) is 12.1 Å². The molecule has 15 heavy (non-hydrogen) atoms. The number of halogens is 5. The number of benzene rings is 1. The molecule has 0 saturated heterocycles. The highest BCUT2D eigenvalue weighted by Gasteiger charge is 2.39. The molecule has 84 valence electrons. The van der Waals surface area contributed by atoms with Crippen molar-refractivity contribution in [1.29, 1.82) is 0 Å². The smallest absolute Gasteiger partial charge is 0.166 e. The van der Waals surface area contributed by atoms with E-state index in [9.17, 15) is 13.2 Å². The fourth-order valence-corrected chi connectivity index (χ4v) is 3.56. The van der Waals surface area contributed by atoms with E-state index in [1.807, 2.05) is 0 Å². The lowest BCUT2D eigenvalue weighted by atomic mass is 10.2. The van der Waals surface area contributed by atoms with Gasteiger partial charge in [-0.3, -0.25) is 0 Å². The Bertz CT molecular complexity index is 349. The summed E-state index contributed by atoms with van der Waals surface area (Å²) in [5.74, 6) is 0. The first kappa shape index (κ1) is 12.9. The molecule has 0 N–H and O–H groups in total. The Labute approximate surface area is 96.7 Å². The summed E-state index contributed by atoms with van der Waals surface area (Å²) in [7, 11) is -2.69. The van der Waals surface area contributed by atoms with Crippen LogP contribution >= 0.6 is 22.7 Å². The summed E-state index contributed by atoms with van der Waals surface area (Å²) in [6.45, 7) is 1.60. The average molecular weight is 273 g/mol. The summed E-state index contributed by atoms with van der Waals surface area (Å²) in [4.78, 5) is 0. The third-order valence-electron chi connectivity index (χ3n) is 2.05. The van der Waals surface area contributed by atoms with Crippen LogP contribution in [0, 0.1) is 0 Å². The highest BCUT2D eigenvalue weighted by molar-refractivity contribution is 7.28. The van der Waals surface area contributed by atoms with Crippen LogP contribution in [0.3, 0.4) is 0 Å². The maximum absolute atomic E-state index is 12.6. The van der Waals surface area contributed by atoms with Crippen LogP contribution in [0.5, 0.6) is 0 Å². The van der Waals surface area contributed by atoms with Gasteiger partial charge in [-0.25, -0.2) is 0 Å². The standard InChI is InChI=1S/C9H9Cl2F3Si/c1-15(11,6-10)8-5-3-2-4-7(8)9(12,13)14/h2-5H,6H2,1H3. The van der Waals surface area contributed by atoms with Crippen molar-refractivity contribution in [2.75, 3.05) is 5.50 Å². The second kappa shape index (κ2) is 4.35. The maximum atomic E-state index is 12.6. The molecular formula is C9H9Cl2F3Si. The average Bonchev–Trinajstić information content (AvgIpc) is 2.16. The van der Waals surface area contributed by atoms with Gasteiger partial charge in [0.05, 0.1) is 5.56 Å². The molecule has 1 rings (SSSR count). The topological polar surface area (TPSA) is 0 Å². The van der Waals surface area contributed by atoms with Crippen LogP contribution in [0.25, 0.3) is 0 Å². The lowest BCUT2D eigenvalue weighted by Crippen LogP contribution is -2.45. The van der Waals surface area contributed by atoms with Crippen molar-refractivity contribution in [2.45, 2.75) is 12.7 Å². The molecule has 0 spiro atoms. The summed E-state index contributed by atoms with van der Waals surface area (Å²) in [6.07, 6.45) is -4.37. The van der Waals surface area contributed by atoms with Gasteiger partial charge in [-0.05, 0) is 5.19 Å². The van der Waals surface area contributed by atoms with Gasteiger partial charge in [-0.1, -0.05) is 30.8 Å². The van der Waals surface area contributed by atoms with E-state index in [0.29, 0.717) is 0 Å². The van der Waals surface area contributed by atoms with E-state index in [4.69, 9.17) is 22.7 Å². The Morgan fingerprint density at radius 3 is 2.27 bits per heavy atom. The molecule has 1 unspecified atom stereocenters. The van der Waals surface area contributed by atoms with Gasteiger partial charge < -0.3 is 0 Å². The maximum Gasteiger partial charge on any atom is 0.416 e. The third kappa shape index (κ3) is 2.89. The molecule has 0 bridgehead atoms. The molecule has 1 aromatic rings. The fourth-order valence-electron chi connectivity index (χ4n) is 1.26. The first-order chi connectivity index (χ1) is 6.79. The zero-order valence-corrected chi connectivity index (χ0v) is 10.4. The molecule has 0 aromatic heterocycles. The quantitative estimate of drug-likeness (QED) is 0.439. The predicted molar refractivity (Wildman–Crippen MR) is 59.3 cm³/mol. The van der Waals surface area contributed by atoms with E-state index < -0.39 is 19.1 Å². The molecule has 0 nitrogen and oxygen atoms in total. The van der Waals surface area contributed by atoms with Crippen LogP contribution in [-0.4, -0.2) is 12.9 Å². The Hall–Kier alpha value is -0.193. The number of rotatable bonds is 2. The molecule has 1 aromatic carbocycles. The normalized spacial score (nSPS) is 16.1. The lowest BCUT2D eigenvalue weighted by molar-refractivity contribution is -0.136. The van der Waals surface area contributed by atoms with Gasteiger partial charge in [-0.2, -0.15) is 24.3 Å². The Morgan fingerprint density at radius 1 is 1.27 bits per heavy atom.